The van der Waals surface area contributed by atoms with E-state index in [9.17, 15) is 18.4 Å². The van der Waals surface area contributed by atoms with Crippen molar-refractivity contribution in [2.45, 2.75) is 12.5 Å². The fraction of sp³-hybridized carbons (Fsp3) is 0.273. The van der Waals surface area contributed by atoms with E-state index in [1.807, 2.05) is 5.32 Å². The topological polar surface area (TPSA) is 86.6 Å². The molecule has 0 heterocycles. The molecule has 1 aromatic carbocycles. The molecular formula is C11H11F2NO4. The number of hydrogen-bond donors (Lipinski definition) is 3. The number of hydrogen-bond acceptors (Lipinski definition) is 3. The summed E-state index contributed by atoms with van der Waals surface area (Å²) in [6, 6.07) is 1.46. The highest BCUT2D eigenvalue weighted by atomic mass is 19.1. The summed E-state index contributed by atoms with van der Waals surface area (Å²) in [5.41, 5.74) is -0.846. The molecular weight excluding hydrogens is 248 g/mol. The zero-order valence-electron chi connectivity index (χ0n) is 9.19. The third-order valence-corrected chi connectivity index (χ3v) is 2.21. The Morgan fingerprint density at radius 1 is 1.28 bits per heavy atom. The number of halogens is 2. The summed E-state index contributed by atoms with van der Waals surface area (Å²) in [6.07, 6.45) is -0.253. The number of nitrogens with one attached hydrogen (secondary N) is 1. The number of aliphatic hydroxyl groups is 1. The van der Waals surface area contributed by atoms with Crippen LogP contribution in [-0.4, -0.2) is 34.7 Å². The molecule has 1 rings (SSSR count). The van der Waals surface area contributed by atoms with Crippen molar-refractivity contribution < 1.29 is 28.6 Å². The zero-order chi connectivity index (χ0) is 13.7. The Morgan fingerprint density at radius 2 is 1.83 bits per heavy atom. The molecule has 0 aromatic heterocycles. The highest BCUT2D eigenvalue weighted by Gasteiger charge is 2.23. The summed E-state index contributed by atoms with van der Waals surface area (Å²) < 4.78 is 26.5. The zero-order valence-corrected chi connectivity index (χ0v) is 9.19. The number of benzene rings is 1. The molecule has 1 amide bonds. The van der Waals surface area contributed by atoms with E-state index in [0.29, 0.717) is 0 Å². The molecule has 7 heteroatoms. The summed E-state index contributed by atoms with van der Waals surface area (Å²) in [5.74, 6) is -4.73. The second-order valence-corrected chi connectivity index (χ2v) is 3.47. The molecule has 0 fully saturated rings. The summed E-state index contributed by atoms with van der Waals surface area (Å²) in [4.78, 5) is 22.3. The average Bonchev–Trinajstić information content (AvgIpc) is 2.28. The molecule has 1 atom stereocenters. The second kappa shape index (κ2) is 6.06. The molecule has 0 aliphatic heterocycles. The molecule has 5 nitrogen and oxygen atoms in total. The third-order valence-electron chi connectivity index (χ3n) is 2.21. The Hall–Kier alpha value is -2.02. The first-order chi connectivity index (χ1) is 8.47. The molecule has 3 N–H and O–H groups in total. The van der Waals surface area contributed by atoms with Crippen LogP contribution in [0.3, 0.4) is 0 Å². The van der Waals surface area contributed by atoms with E-state index >= 15 is 0 Å². The normalized spacial score (nSPS) is 11.9. The number of aliphatic hydroxyl groups excluding tert-OH is 1. The molecule has 0 aliphatic rings. The highest BCUT2D eigenvalue weighted by molar-refractivity contribution is 5.97. The first-order valence-corrected chi connectivity index (χ1v) is 5.06. The predicted octanol–water partition coefficient (Wildman–Crippen LogP) is 0.530. The van der Waals surface area contributed by atoms with Gasteiger partial charge in [-0.05, 0) is 12.1 Å². The van der Waals surface area contributed by atoms with Crippen molar-refractivity contribution in [3.63, 3.8) is 0 Å². The van der Waals surface area contributed by atoms with Crippen molar-refractivity contribution in [2.24, 2.45) is 0 Å². The van der Waals surface area contributed by atoms with E-state index in [0.717, 1.165) is 18.2 Å². The number of aliphatic carboxylic acids is 1. The van der Waals surface area contributed by atoms with Crippen LogP contribution in [0.15, 0.2) is 18.2 Å². The molecule has 0 aliphatic carbocycles. The van der Waals surface area contributed by atoms with Crippen LogP contribution in [0.4, 0.5) is 8.78 Å². The maximum Gasteiger partial charge on any atom is 0.326 e. The van der Waals surface area contributed by atoms with Gasteiger partial charge >= 0.3 is 5.97 Å². The standard InChI is InChI=1S/C11H11F2NO4/c12-6-2-1-3-7(13)9(6)10(16)14-8(4-5-15)11(17)18/h1-3,8,15H,4-5H2,(H,14,16)(H,17,18)/t8-/m0/s1. The third kappa shape index (κ3) is 3.24. The van der Waals surface area contributed by atoms with Crippen LogP contribution in [0.2, 0.25) is 0 Å². The van der Waals surface area contributed by atoms with Crippen LogP contribution < -0.4 is 5.32 Å². The lowest BCUT2D eigenvalue weighted by molar-refractivity contribution is -0.139. The van der Waals surface area contributed by atoms with Gasteiger partial charge in [-0.15, -0.1) is 0 Å². The minimum atomic E-state index is -1.40. The van der Waals surface area contributed by atoms with Gasteiger partial charge in [-0.25, -0.2) is 13.6 Å². The van der Waals surface area contributed by atoms with Gasteiger partial charge < -0.3 is 15.5 Å². The number of rotatable bonds is 5. The quantitative estimate of drug-likeness (QED) is 0.720. The Morgan fingerprint density at radius 3 is 2.28 bits per heavy atom. The Labute approximate surface area is 101 Å². The van der Waals surface area contributed by atoms with Gasteiger partial charge in [0.1, 0.15) is 23.2 Å². The Kier molecular flexibility index (Phi) is 4.73. The van der Waals surface area contributed by atoms with Gasteiger partial charge in [-0.3, -0.25) is 4.79 Å². The molecule has 0 spiro atoms. The molecule has 1 aromatic rings. The van der Waals surface area contributed by atoms with Gasteiger partial charge in [0.15, 0.2) is 0 Å². The van der Waals surface area contributed by atoms with Gasteiger partial charge in [0.05, 0.1) is 0 Å². The lowest BCUT2D eigenvalue weighted by Gasteiger charge is -2.13. The van der Waals surface area contributed by atoms with Crippen LogP contribution in [0.1, 0.15) is 16.8 Å². The molecule has 0 saturated carbocycles. The summed E-state index contributed by atoms with van der Waals surface area (Å²) in [6.45, 7) is -0.475. The molecule has 98 valence electrons. The lowest BCUT2D eigenvalue weighted by atomic mass is 10.1. The van der Waals surface area contributed by atoms with E-state index in [4.69, 9.17) is 10.2 Å². The van der Waals surface area contributed by atoms with Crippen molar-refractivity contribution >= 4 is 11.9 Å². The average molecular weight is 259 g/mol. The van der Waals surface area contributed by atoms with Gasteiger partial charge in [0, 0.05) is 13.0 Å². The molecule has 18 heavy (non-hydrogen) atoms. The summed E-state index contributed by atoms with van der Waals surface area (Å²) >= 11 is 0. The number of carbonyl (C=O) groups excluding carboxylic acids is 1. The Bertz CT molecular complexity index is 444. The predicted molar refractivity (Wildman–Crippen MR) is 57.0 cm³/mol. The smallest absolute Gasteiger partial charge is 0.326 e. The van der Waals surface area contributed by atoms with E-state index < -0.39 is 41.7 Å². The first-order valence-electron chi connectivity index (χ1n) is 5.06. The highest BCUT2D eigenvalue weighted by Crippen LogP contribution is 2.12. The fourth-order valence-corrected chi connectivity index (χ4v) is 1.33. The largest absolute Gasteiger partial charge is 0.480 e. The first kappa shape index (κ1) is 14.0. The van der Waals surface area contributed by atoms with Gasteiger partial charge in [0.25, 0.3) is 5.91 Å². The Balaban J connectivity index is 2.90. The summed E-state index contributed by atoms with van der Waals surface area (Å²) in [7, 11) is 0. The maximum atomic E-state index is 13.2. The van der Waals surface area contributed by atoms with E-state index in [2.05, 4.69) is 0 Å². The number of carboxylic acids is 1. The van der Waals surface area contributed by atoms with E-state index in [1.54, 1.807) is 0 Å². The van der Waals surface area contributed by atoms with Crippen LogP contribution in [0.5, 0.6) is 0 Å². The number of carbonyl (C=O) groups is 2. The van der Waals surface area contributed by atoms with Gasteiger partial charge in [0.2, 0.25) is 0 Å². The van der Waals surface area contributed by atoms with Crippen LogP contribution in [0.25, 0.3) is 0 Å². The van der Waals surface area contributed by atoms with Crippen molar-refractivity contribution in [1.29, 1.82) is 0 Å². The number of amides is 1. The van der Waals surface area contributed by atoms with Crippen molar-refractivity contribution in [2.75, 3.05) is 6.61 Å². The van der Waals surface area contributed by atoms with Gasteiger partial charge in [-0.2, -0.15) is 0 Å². The second-order valence-electron chi connectivity index (χ2n) is 3.47. The minimum Gasteiger partial charge on any atom is -0.480 e. The lowest BCUT2D eigenvalue weighted by Crippen LogP contribution is -2.42. The van der Waals surface area contributed by atoms with Crippen LogP contribution in [0, 0.1) is 11.6 Å². The molecule has 0 unspecified atom stereocenters. The van der Waals surface area contributed by atoms with Crippen LogP contribution >= 0.6 is 0 Å². The molecule has 0 bridgehead atoms. The molecule has 0 radical (unpaired) electrons. The van der Waals surface area contributed by atoms with Crippen molar-refractivity contribution in [3.05, 3.63) is 35.4 Å². The van der Waals surface area contributed by atoms with Crippen LogP contribution in [-0.2, 0) is 4.79 Å². The van der Waals surface area contributed by atoms with Gasteiger partial charge in [-0.1, -0.05) is 6.07 Å². The molecule has 0 saturated heterocycles. The van der Waals surface area contributed by atoms with Crippen molar-refractivity contribution in [1.82, 2.24) is 5.32 Å². The maximum absolute atomic E-state index is 13.2. The minimum absolute atomic E-state index is 0.253. The number of carboxylic acid groups (broad SMARTS) is 1. The summed E-state index contributed by atoms with van der Waals surface area (Å²) in [5, 5.41) is 19.3. The van der Waals surface area contributed by atoms with E-state index in [-0.39, 0.29) is 6.42 Å². The van der Waals surface area contributed by atoms with E-state index in [1.165, 1.54) is 0 Å². The fourth-order valence-electron chi connectivity index (χ4n) is 1.33. The SMILES string of the molecule is O=C(N[C@@H](CCO)C(=O)O)c1c(F)cccc1F. The monoisotopic (exact) mass is 259 g/mol. The van der Waals surface area contributed by atoms with Crippen molar-refractivity contribution in [3.8, 4) is 0 Å².